The number of phenols is 1. The van der Waals surface area contributed by atoms with Crippen molar-refractivity contribution in [2.24, 2.45) is 0 Å². The zero-order valence-corrected chi connectivity index (χ0v) is 5.02. The summed E-state index contributed by atoms with van der Waals surface area (Å²) in [7, 11) is 0. The van der Waals surface area contributed by atoms with Gasteiger partial charge >= 0.3 is 0 Å². The highest BCUT2D eigenvalue weighted by atomic mass is 18.2. The summed E-state index contributed by atoms with van der Waals surface area (Å²) in [6.45, 7) is 0. The Morgan fingerprint density at radius 3 is 2.20 bits per heavy atom. The van der Waals surface area contributed by atoms with Crippen molar-refractivity contribution >= 4 is 5.69 Å². The molecule has 0 spiro atoms. The van der Waals surface area contributed by atoms with Crippen molar-refractivity contribution in [1.29, 1.82) is 0 Å². The maximum Gasteiger partial charge on any atom is 0.269 e. The van der Waals surface area contributed by atoms with Crippen LogP contribution >= 0.6 is 0 Å². The van der Waals surface area contributed by atoms with Gasteiger partial charge in [0.15, 0.2) is 0 Å². The molecule has 0 saturated carbocycles. The molecule has 0 radical (unpaired) electrons. The largest absolute Gasteiger partial charge is 0.508 e. The number of aromatic hydroxyl groups is 1. The standard InChI is InChI=1S/C6H5NO3/c8-6-3-1-5(2-4-6)7(9)10/h1-4,8H/i8+2. The quantitative estimate of drug-likeness (QED) is 0.364. The van der Waals surface area contributed by atoms with Crippen molar-refractivity contribution in [2.45, 2.75) is 0 Å². The van der Waals surface area contributed by atoms with E-state index in [-0.39, 0.29) is 11.4 Å². The lowest BCUT2D eigenvalue weighted by Gasteiger charge is -1.89. The van der Waals surface area contributed by atoms with Crippen molar-refractivity contribution in [3.05, 3.63) is 34.4 Å². The molecule has 0 aromatic heterocycles. The van der Waals surface area contributed by atoms with Gasteiger partial charge in [-0.1, -0.05) is 0 Å². The van der Waals surface area contributed by atoms with Crippen LogP contribution in [0.15, 0.2) is 24.3 Å². The molecule has 0 heterocycles. The minimum absolute atomic E-state index is 0.0159. The highest BCUT2D eigenvalue weighted by Gasteiger charge is 2.01. The molecule has 0 saturated heterocycles. The number of hydrogen-bond donors (Lipinski definition) is 1. The third kappa shape index (κ3) is 1.22. The van der Waals surface area contributed by atoms with Crippen LogP contribution in [0.4, 0.5) is 5.69 Å². The van der Waals surface area contributed by atoms with Crippen LogP contribution in [0, 0.1) is 10.1 Å². The molecule has 4 heteroatoms. The lowest BCUT2D eigenvalue weighted by molar-refractivity contribution is -0.384. The summed E-state index contributed by atoms with van der Waals surface area (Å²) in [5, 5.41) is 18.8. The molecule has 0 unspecified atom stereocenters. The Hall–Kier alpha value is -1.58. The zero-order chi connectivity index (χ0) is 7.56. The number of nitrogens with zero attached hydrogens (tertiary/aromatic N) is 1. The van der Waals surface area contributed by atoms with E-state index in [2.05, 4.69) is 0 Å². The van der Waals surface area contributed by atoms with Gasteiger partial charge < -0.3 is 5.11 Å². The average Bonchev–Trinajstić information content (AvgIpc) is 1.88. The molecule has 10 heavy (non-hydrogen) atoms. The number of phenolic OH excluding ortho intramolecular Hbond substituents is 1. The van der Waals surface area contributed by atoms with E-state index in [0.29, 0.717) is 0 Å². The van der Waals surface area contributed by atoms with Crippen LogP contribution in [0.3, 0.4) is 0 Å². The Kier molecular flexibility index (Phi) is 1.53. The summed E-state index contributed by atoms with van der Waals surface area (Å²) < 4.78 is 0. The van der Waals surface area contributed by atoms with Crippen molar-refractivity contribution in [3.8, 4) is 5.75 Å². The van der Waals surface area contributed by atoms with Gasteiger partial charge in [0.1, 0.15) is 5.75 Å². The average molecular weight is 141 g/mol. The molecule has 1 aromatic carbocycles. The molecule has 52 valence electrons. The minimum atomic E-state index is -0.514. The first-order valence-electron chi connectivity index (χ1n) is 2.63. The lowest BCUT2D eigenvalue weighted by Crippen LogP contribution is -1.85. The Morgan fingerprint density at radius 1 is 1.30 bits per heavy atom. The van der Waals surface area contributed by atoms with E-state index < -0.39 is 4.92 Å². The minimum Gasteiger partial charge on any atom is -0.508 e. The molecule has 0 atom stereocenters. The third-order valence-corrected chi connectivity index (χ3v) is 1.06. The first-order chi connectivity index (χ1) is 4.70. The predicted octanol–water partition coefficient (Wildman–Crippen LogP) is 1.30. The van der Waals surface area contributed by atoms with Crippen LogP contribution in [0.1, 0.15) is 0 Å². The summed E-state index contributed by atoms with van der Waals surface area (Å²) in [6, 6.07) is 5.04. The molecule has 4 nitrogen and oxygen atoms in total. The van der Waals surface area contributed by atoms with Crippen LogP contribution in [0.25, 0.3) is 0 Å². The summed E-state index contributed by atoms with van der Waals surface area (Å²) in [4.78, 5) is 9.52. The van der Waals surface area contributed by atoms with Gasteiger partial charge in [-0.15, -0.1) is 0 Å². The Labute approximate surface area is 56.9 Å². The number of hydrogen-bond acceptors (Lipinski definition) is 3. The maximum absolute atomic E-state index is 10.0. The third-order valence-electron chi connectivity index (χ3n) is 1.06. The molecular weight excluding hydrogens is 136 g/mol. The molecular formula is C6H5NO3. The Balaban J connectivity index is 3.00. The van der Waals surface area contributed by atoms with E-state index in [1.165, 1.54) is 24.3 Å². The second-order valence-electron chi connectivity index (χ2n) is 1.77. The number of nitro groups is 1. The van der Waals surface area contributed by atoms with Crippen molar-refractivity contribution in [2.75, 3.05) is 0 Å². The van der Waals surface area contributed by atoms with Crippen molar-refractivity contribution in [1.82, 2.24) is 0 Å². The fourth-order valence-electron chi connectivity index (χ4n) is 0.574. The zero-order valence-electron chi connectivity index (χ0n) is 5.02. The molecule has 0 fully saturated rings. The molecule has 0 amide bonds. The van der Waals surface area contributed by atoms with Gasteiger partial charge in [-0.3, -0.25) is 10.1 Å². The SMILES string of the molecule is O=[N+]([O-])c1ccc([18OH])cc1. The van der Waals surface area contributed by atoms with Crippen molar-refractivity contribution < 1.29 is 10.0 Å². The van der Waals surface area contributed by atoms with Gasteiger partial charge in [-0.05, 0) is 12.1 Å². The van der Waals surface area contributed by atoms with Gasteiger partial charge in [0.05, 0.1) is 4.92 Å². The molecule has 1 N–H and O–H groups in total. The van der Waals surface area contributed by atoms with Gasteiger partial charge in [0.2, 0.25) is 0 Å². The molecule has 0 aliphatic heterocycles. The first-order valence-corrected chi connectivity index (χ1v) is 2.63. The fourth-order valence-corrected chi connectivity index (χ4v) is 0.574. The molecule has 0 aliphatic rings. The smallest absolute Gasteiger partial charge is 0.269 e. The monoisotopic (exact) mass is 141 g/mol. The van der Waals surface area contributed by atoms with Crippen LogP contribution < -0.4 is 0 Å². The van der Waals surface area contributed by atoms with E-state index in [1.807, 2.05) is 0 Å². The first kappa shape index (κ1) is 6.54. The molecule has 0 bridgehead atoms. The second kappa shape index (κ2) is 2.34. The van der Waals surface area contributed by atoms with Crippen LogP contribution in [0.2, 0.25) is 0 Å². The number of non-ortho nitro benzene ring substituents is 1. The summed E-state index contributed by atoms with van der Waals surface area (Å²) in [5.41, 5.74) is -0.0159. The summed E-state index contributed by atoms with van der Waals surface area (Å²) in [5.74, 6) is 0.0330. The number of rotatable bonds is 1. The summed E-state index contributed by atoms with van der Waals surface area (Å²) in [6.07, 6.45) is 0. The van der Waals surface area contributed by atoms with E-state index >= 15 is 0 Å². The fraction of sp³-hybridized carbons (Fsp3) is 0. The lowest BCUT2D eigenvalue weighted by atomic mass is 10.3. The van der Waals surface area contributed by atoms with E-state index in [1.54, 1.807) is 0 Å². The topological polar surface area (TPSA) is 63.4 Å². The molecule has 1 rings (SSSR count). The van der Waals surface area contributed by atoms with Gasteiger partial charge in [0.25, 0.3) is 5.69 Å². The number of nitro benzene ring substituents is 1. The highest BCUT2D eigenvalue weighted by Crippen LogP contribution is 2.14. The maximum atomic E-state index is 10.0. The van der Waals surface area contributed by atoms with E-state index in [0.717, 1.165) is 0 Å². The van der Waals surface area contributed by atoms with Crippen molar-refractivity contribution in [3.63, 3.8) is 0 Å². The molecule has 1 aromatic rings. The summed E-state index contributed by atoms with van der Waals surface area (Å²) >= 11 is 0. The van der Waals surface area contributed by atoms with E-state index in [4.69, 9.17) is 5.11 Å². The van der Waals surface area contributed by atoms with Gasteiger partial charge in [0, 0.05) is 12.1 Å². The molecule has 0 aliphatic carbocycles. The van der Waals surface area contributed by atoms with Crippen LogP contribution in [-0.4, -0.2) is 10.0 Å². The Bertz CT molecular complexity index is 242. The normalized spacial score (nSPS) is 9.20. The second-order valence-corrected chi connectivity index (χ2v) is 1.77. The predicted molar refractivity (Wildman–Crippen MR) is 34.8 cm³/mol. The highest BCUT2D eigenvalue weighted by molar-refractivity contribution is 5.34. The Morgan fingerprint density at radius 2 is 1.80 bits per heavy atom. The number of benzene rings is 1. The van der Waals surface area contributed by atoms with Crippen LogP contribution in [0.5, 0.6) is 5.75 Å². The van der Waals surface area contributed by atoms with E-state index in [9.17, 15) is 10.1 Å². The van der Waals surface area contributed by atoms with Gasteiger partial charge in [-0.25, -0.2) is 0 Å². The van der Waals surface area contributed by atoms with Gasteiger partial charge in [-0.2, -0.15) is 0 Å². The van der Waals surface area contributed by atoms with Crippen LogP contribution in [-0.2, 0) is 0 Å².